The van der Waals surface area contributed by atoms with Crippen molar-refractivity contribution >= 4 is 17.5 Å². The highest BCUT2D eigenvalue weighted by molar-refractivity contribution is 5.95. The Bertz CT molecular complexity index is 634. The Kier molecular flexibility index (Phi) is 5.33. The van der Waals surface area contributed by atoms with Crippen molar-refractivity contribution < 1.29 is 32.2 Å². The first-order valence-electron chi connectivity index (χ1n) is 7.21. The topological polar surface area (TPSA) is 76.7 Å². The van der Waals surface area contributed by atoms with Gasteiger partial charge in [-0.1, -0.05) is 6.07 Å². The number of hydrogen-bond acceptors (Lipinski definition) is 4. The third kappa shape index (κ3) is 4.85. The molecule has 0 aliphatic carbocycles. The number of ether oxygens (including phenoxy) is 2. The SMILES string of the molecule is C[C@@H](OCC(F)(F)F)C(=O)N[C@H](C)c1ccc2c(c1)NC(=O)CO2. The molecular weight excluding hydrogens is 329 g/mol. The number of hydrogen-bond donors (Lipinski definition) is 2. The van der Waals surface area contributed by atoms with Crippen LogP contribution in [-0.2, 0) is 14.3 Å². The van der Waals surface area contributed by atoms with Gasteiger partial charge in [-0.2, -0.15) is 13.2 Å². The number of carbonyl (C=O) groups excluding carboxylic acids is 2. The van der Waals surface area contributed by atoms with Crippen molar-refractivity contribution in [3.8, 4) is 5.75 Å². The van der Waals surface area contributed by atoms with Crippen molar-refractivity contribution in [1.82, 2.24) is 5.32 Å². The lowest BCUT2D eigenvalue weighted by atomic mass is 10.1. The molecule has 0 fully saturated rings. The highest BCUT2D eigenvalue weighted by atomic mass is 19.4. The molecule has 24 heavy (non-hydrogen) atoms. The van der Waals surface area contributed by atoms with Crippen LogP contribution in [0.15, 0.2) is 18.2 Å². The van der Waals surface area contributed by atoms with Crippen LogP contribution in [0.1, 0.15) is 25.5 Å². The Morgan fingerprint density at radius 2 is 2.12 bits per heavy atom. The first kappa shape index (κ1) is 18.1. The molecule has 6 nitrogen and oxygen atoms in total. The predicted molar refractivity (Wildman–Crippen MR) is 78.6 cm³/mol. The average Bonchev–Trinajstić information content (AvgIpc) is 2.50. The van der Waals surface area contributed by atoms with Gasteiger partial charge in [-0.05, 0) is 31.5 Å². The van der Waals surface area contributed by atoms with Crippen LogP contribution in [0.4, 0.5) is 18.9 Å². The quantitative estimate of drug-likeness (QED) is 0.857. The first-order valence-corrected chi connectivity index (χ1v) is 7.21. The highest BCUT2D eigenvalue weighted by Crippen LogP contribution is 2.30. The molecule has 0 saturated heterocycles. The van der Waals surface area contributed by atoms with Crippen LogP contribution in [-0.4, -0.2) is 37.3 Å². The standard InChI is InChI=1S/C15H17F3N2O4/c1-8(19-14(22)9(2)24-7-15(16,17)18)10-3-4-12-11(5-10)20-13(21)6-23-12/h3-5,8-9H,6-7H2,1-2H3,(H,19,22)(H,20,21)/t8-,9-/m1/s1. The van der Waals surface area contributed by atoms with Gasteiger partial charge in [0.05, 0.1) is 11.7 Å². The fraction of sp³-hybridized carbons (Fsp3) is 0.467. The van der Waals surface area contributed by atoms with Gasteiger partial charge in [0.15, 0.2) is 6.61 Å². The van der Waals surface area contributed by atoms with E-state index in [2.05, 4.69) is 15.4 Å². The summed E-state index contributed by atoms with van der Waals surface area (Å²) in [5.41, 5.74) is 1.14. The van der Waals surface area contributed by atoms with Gasteiger partial charge in [0, 0.05) is 0 Å². The number of benzene rings is 1. The van der Waals surface area contributed by atoms with Gasteiger partial charge in [-0.25, -0.2) is 0 Å². The predicted octanol–water partition coefficient (Wildman–Crippen LogP) is 2.16. The molecule has 132 valence electrons. The van der Waals surface area contributed by atoms with Crippen molar-refractivity contribution in [3.63, 3.8) is 0 Å². The minimum atomic E-state index is -4.49. The zero-order valence-electron chi connectivity index (χ0n) is 13.1. The van der Waals surface area contributed by atoms with Gasteiger partial charge < -0.3 is 20.1 Å². The zero-order chi connectivity index (χ0) is 17.9. The minimum Gasteiger partial charge on any atom is -0.482 e. The van der Waals surface area contributed by atoms with Crippen LogP contribution in [0.5, 0.6) is 5.75 Å². The largest absolute Gasteiger partial charge is 0.482 e. The van der Waals surface area contributed by atoms with E-state index in [1.54, 1.807) is 25.1 Å². The molecule has 1 aromatic carbocycles. The van der Waals surface area contributed by atoms with E-state index >= 15 is 0 Å². The van der Waals surface area contributed by atoms with E-state index in [-0.39, 0.29) is 12.5 Å². The first-order chi connectivity index (χ1) is 11.2. The van der Waals surface area contributed by atoms with E-state index in [1.165, 1.54) is 6.92 Å². The van der Waals surface area contributed by atoms with Crippen LogP contribution < -0.4 is 15.4 Å². The van der Waals surface area contributed by atoms with E-state index in [9.17, 15) is 22.8 Å². The Balaban J connectivity index is 1.96. The molecule has 0 saturated carbocycles. The smallest absolute Gasteiger partial charge is 0.411 e. The molecular formula is C15H17F3N2O4. The lowest BCUT2D eigenvalue weighted by Gasteiger charge is -2.22. The van der Waals surface area contributed by atoms with E-state index < -0.39 is 30.8 Å². The van der Waals surface area contributed by atoms with Crippen LogP contribution in [0.25, 0.3) is 0 Å². The molecule has 2 rings (SSSR count). The Labute approximate surface area is 136 Å². The maximum Gasteiger partial charge on any atom is 0.411 e. The summed E-state index contributed by atoms with van der Waals surface area (Å²) in [4.78, 5) is 23.2. The average molecular weight is 346 g/mol. The van der Waals surface area contributed by atoms with Crippen molar-refractivity contribution in [2.75, 3.05) is 18.5 Å². The summed E-state index contributed by atoms with van der Waals surface area (Å²) in [6.07, 6.45) is -5.73. The summed E-state index contributed by atoms with van der Waals surface area (Å²) in [6.45, 7) is 1.36. The summed E-state index contributed by atoms with van der Waals surface area (Å²) in [6, 6.07) is 4.50. The van der Waals surface area contributed by atoms with Crippen molar-refractivity contribution in [2.24, 2.45) is 0 Å². The molecule has 0 radical (unpaired) electrons. The summed E-state index contributed by atoms with van der Waals surface area (Å²) in [5.74, 6) is -0.436. The second-order valence-corrected chi connectivity index (χ2v) is 5.39. The molecule has 1 aliphatic heterocycles. The summed E-state index contributed by atoms with van der Waals surface area (Å²) in [5, 5.41) is 5.21. The van der Waals surface area contributed by atoms with Gasteiger partial charge >= 0.3 is 6.18 Å². The molecule has 1 aliphatic rings. The van der Waals surface area contributed by atoms with Crippen LogP contribution in [0.2, 0.25) is 0 Å². The number of halogens is 3. The van der Waals surface area contributed by atoms with Gasteiger partial charge in [0.2, 0.25) is 5.91 Å². The highest BCUT2D eigenvalue weighted by Gasteiger charge is 2.30. The summed E-state index contributed by atoms with van der Waals surface area (Å²) >= 11 is 0. The minimum absolute atomic E-state index is 0.0628. The number of nitrogens with one attached hydrogen (secondary N) is 2. The van der Waals surface area contributed by atoms with E-state index in [0.29, 0.717) is 17.0 Å². The number of anilines is 1. The lowest BCUT2D eigenvalue weighted by Crippen LogP contribution is -2.37. The van der Waals surface area contributed by atoms with E-state index in [1.807, 2.05) is 0 Å². The molecule has 0 unspecified atom stereocenters. The lowest BCUT2D eigenvalue weighted by molar-refractivity contribution is -0.185. The maximum absolute atomic E-state index is 12.1. The molecule has 0 spiro atoms. The fourth-order valence-electron chi connectivity index (χ4n) is 2.08. The second-order valence-electron chi connectivity index (χ2n) is 5.39. The molecule has 0 bridgehead atoms. The normalized spacial score (nSPS) is 16.5. The van der Waals surface area contributed by atoms with E-state index in [0.717, 1.165) is 0 Å². The van der Waals surface area contributed by atoms with Crippen LogP contribution in [0.3, 0.4) is 0 Å². The van der Waals surface area contributed by atoms with Crippen LogP contribution in [0, 0.1) is 0 Å². The second kappa shape index (κ2) is 7.08. The fourth-order valence-corrected chi connectivity index (χ4v) is 2.08. The third-order valence-electron chi connectivity index (χ3n) is 3.36. The summed E-state index contributed by atoms with van der Waals surface area (Å²) < 4.78 is 46.0. The molecule has 9 heteroatoms. The molecule has 1 heterocycles. The molecule has 2 N–H and O–H groups in total. The Morgan fingerprint density at radius 1 is 1.42 bits per heavy atom. The third-order valence-corrected chi connectivity index (χ3v) is 3.36. The monoisotopic (exact) mass is 346 g/mol. The Hall–Kier alpha value is -2.29. The zero-order valence-corrected chi connectivity index (χ0v) is 13.1. The molecule has 1 aromatic rings. The number of carbonyl (C=O) groups is 2. The van der Waals surface area contributed by atoms with Gasteiger partial charge in [0.25, 0.3) is 5.91 Å². The maximum atomic E-state index is 12.1. The Morgan fingerprint density at radius 3 is 2.79 bits per heavy atom. The van der Waals surface area contributed by atoms with Gasteiger partial charge in [-0.3, -0.25) is 9.59 Å². The summed E-state index contributed by atoms with van der Waals surface area (Å²) in [7, 11) is 0. The number of amides is 2. The van der Waals surface area contributed by atoms with Crippen LogP contribution >= 0.6 is 0 Å². The van der Waals surface area contributed by atoms with Gasteiger partial charge in [0.1, 0.15) is 18.5 Å². The molecule has 2 amide bonds. The number of rotatable bonds is 5. The number of fused-ring (bicyclic) bond motifs is 1. The van der Waals surface area contributed by atoms with Crippen molar-refractivity contribution in [1.29, 1.82) is 0 Å². The van der Waals surface area contributed by atoms with E-state index in [4.69, 9.17) is 4.74 Å². The van der Waals surface area contributed by atoms with Crippen molar-refractivity contribution in [3.05, 3.63) is 23.8 Å². The van der Waals surface area contributed by atoms with Crippen molar-refractivity contribution in [2.45, 2.75) is 32.2 Å². The number of alkyl halides is 3. The molecule has 2 atom stereocenters. The van der Waals surface area contributed by atoms with Gasteiger partial charge in [-0.15, -0.1) is 0 Å². The molecule has 0 aromatic heterocycles.